The van der Waals surface area contributed by atoms with Gasteiger partial charge in [0.15, 0.2) is 0 Å². The molecule has 0 aliphatic heterocycles. The summed E-state index contributed by atoms with van der Waals surface area (Å²) in [4.78, 5) is 1.81. The number of nitrogens with zero attached hydrogens (tertiary/aromatic N) is 1. The second-order valence-corrected chi connectivity index (χ2v) is 3.25. The van der Waals surface area contributed by atoms with Gasteiger partial charge in [-0.1, -0.05) is 0 Å². The first-order valence-corrected chi connectivity index (χ1v) is 4.53. The van der Waals surface area contributed by atoms with E-state index in [4.69, 9.17) is 5.73 Å². The van der Waals surface area contributed by atoms with Gasteiger partial charge in [0.25, 0.3) is 0 Å². The standard InChI is InChI=1S/C10H13F3N2/c1-15(7-6-14)9-4-2-8(3-5-9)10(11,12)13/h2-5H,6-7,14H2,1H3. The van der Waals surface area contributed by atoms with Crippen molar-refractivity contribution in [1.82, 2.24) is 0 Å². The number of halogens is 3. The summed E-state index contributed by atoms with van der Waals surface area (Å²) in [5.41, 5.74) is 5.44. The van der Waals surface area contributed by atoms with E-state index in [1.807, 2.05) is 0 Å². The molecule has 0 unspecified atom stereocenters. The van der Waals surface area contributed by atoms with E-state index in [0.717, 1.165) is 17.8 Å². The molecule has 0 aliphatic rings. The number of anilines is 1. The molecule has 2 nitrogen and oxygen atoms in total. The Balaban J connectivity index is 2.81. The van der Waals surface area contributed by atoms with Gasteiger partial charge in [0.2, 0.25) is 0 Å². The van der Waals surface area contributed by atoms with E-state index in [1.54, 1.807) is 11.9 Å². The Hall–Kier alpha value is -1.23. The Morgan fingerprint density at radius 1 is 1.20 bits per heavy atom. The third-order valence-electron chi connectivity index (χ3n) is 2.10. The SMILES string of the molecule is CN(CCN)c1ccc(C(F)(F)F)cc1. The molecular formula is C10H13F3N2. The van der Waals surface area contributed by atoms with Crippen LogP contribution >= 0.6 is 0 Å². The second kappa shape index (κ2) is 4.53. The van der Waals surface area contributed by atoms with Crippen molar-refractivity contribution >= 4 is 5.69 Å². The molecule has 0 heterocycles. The molecule has 5 heteroatoms. The van der Waals surface area contributed by atoms with Crippen molar-refractivity contribution in [2.75, 3.05) is 25.0 Å². The van der Waals surface area contributed by atoms with Crippen LogP contribution in [0.5, 0.6) is 0 Å². The van der Waals surface area contributed by atoms with Crippen LogP contribution in [0, 0.1) is 0 Å². The fourth-order valence-corrected chi connectivity index (χ4v) is 1.23. The lowest BCUT2D eigenvalue weighted by atomic mass is 10.2. The summed E-state index contributed by atoms with van der Waals surface area (Å²) in [6, 6.07) is 5.03. The largest absolute Gasteiger partial charge is 0.416 e. The number of alkyl halides is 3. The van der Waals surface area contributed by atoms with E-state index in [1.165, 1.54) is 12.1 Å². The summed E-state index contributed by atoms with van der Waals surface area (Å²) in [5.74, 6) is 0. The van der Waals surface area contributed by atoms with Gasteiger partial charge < -0.3 is 10.6 Å². The lowest BCUT2D eigenvalue weighted by Crippen LogP contribution is -2.24. The summed E-state index contributed by atoms with van der Waals surface area (Å²) in [6.07, 6.45) is -4.27. The van der Waals surface area contributed by atoms with Crippen LogP contribution in [0.25, 0.3) is 0 Å². The predicted molar refractivity (Wildman–Crippen MR) is 53.8 cm³/mol. The molecule has 0 spiro atoms. The molecule has 0 fully saturated rings. The van der Waals surface area contributed by atoms with Crippen LogP contribution in [-0.2, 0) is 6.18 Å². The fraction of sp³-hybridized carbons (Fsp3) is 0.400. The Kier molecular flexibility index (Phi) is 3.57. The third kappa shape index (κ3) is 3.13. The molecule has 0 radical (unpaired) electrons. The van der Waals surface area contributed by atoms with E-state index >= 15 is 0 Å². The lowest BCUT2D eigenvalue weighted by Gasteiger charge is -2.18. The van der Waals surface area contributed by atoms with Crippen molar-refractivity contribution in [1.29, 1.82) is 0 Å². The van der Waals surface area contributed by atoms with E-state index in [9.17, 15) is 13.2 Å². The number of benzene rings is 1. The van der Waals surface area contributed by atoms with E-state index in [2.05, 4.69) is 0 Å². The summed E-state index contributed by atoms with van der Waals surface area (Å²) in [5, 5.41) is 0. The predicted octanol–water partition coefficient (Wildman–Crippen LogP) is 2.10. The van der Waals surface area contributed by atoms with Gasteiger partial charge in [0.1, 0.15) is 0 Å². The molecule has 15 heavy (non-hydrogen) atoms. The summed E-state index contributed by atoms with van der Waals surface area (Å²) in [6.45, 7) is 1.09. The van der Waals surface area contributed by atoms with Crippen LogP contribution < -0.4 is 10.6 Å². The highest BCUT2D eigenvalue weighted by Crippen LogP contribution is 2.30. The average Bonchev–Trinajstić information content (AvgIpc) is 2.17. The Bertz CT molecular complexity index is 305. The number of likely N-dealkylation sites (N-methyl/N-ethyl adjacent to an activating group) is 1. The molecule has 2 N–H and O–H groups in total. The van der Waals surface area contributed by atoms with Crippen LogP contribution in [0.15, 0.2) is 24.3 Å². The zero-order valence-electron chi connectivity index (χ0n) is 8.38. The minimum Gasteiger partial charge on any atom is -0.373 e. The minimum absolute atomic E-state index is 0.470. The number of rotatable bonds is 3. The van der Waals surface area contributed by atoms with Crippen molar-refractivity contribution in [2.45, 2.75) is 6.18 Å². The highest BCUT2D eigenvalue weighted by Gasteiger charge is 2.29. The van der Waals surface area contributed by atoms with Crippen molar-refractivity contribution in [3.63, 3.8) is 0 Å². The van der Waals surface area contributed by atoms with E-state index in [-0.39, 0.29) is 0 Å². The fourth-order valence-electron chi connectivity index (χ4n) is 1.23. The minimum atomic E-state index is -4.27. The Labute approximate surface area is 86.5 Å². The Morgan fingerprint density at radius 3 is 2.13 bits per heavy atom. The molecule has 1 aromatic rings. The van der Waals surface area contributed by atoms with Gasteiger partial charge in [-0.05, 0) is 24.3 Å². The van der Waals surface area contributed by atoms with Gasteiger partial charge in [-0.15, -0.1) is 0 Å². The van der Waals surface area contributed by atoms with Crippen LogP contribution in [0.3, 0.4) is 0 Å². The summed E-state index contributed by atoms with van der Waals surface area (Å²) in [7, 11) is 1.79. The van der Waals surface area contributed by atoms with Crippen LogP contribution in [0.1, 0.15) is 5.56 Å². The summed E-state index contributed by atoms with van der Waals surface area (Å²) < 4.78 is 36.7. The molecule has 84 valence electrons. The van der Waals surface area contributed by atoms with Crippen molar-refractivity contribution in [2.24, 2.45) is 5.73 Å². The molecule has 1 rings (SSSR count). The Morgan fingerprint density at radius 2 is 1.73 bits per heavy atom. The van der Waals surface area contributed by atoms with Gasteiger partial charge in [-0.3, -0.25) is 0 Å². The molecule has 0 saturated heterocycles. The topological polar surface area (TPSA) is 29.3 Å². The second-order valence-electron chi connectivity index (χ2n) is 3.25. The molecule has 0 saturated carbocycles. The van der Waals surface area contributed by atoms with Gasteiger partial charge in [0.05, 0.1) is 5.56 Å². The number of hydrogen-bond donors (Lipinski definition) is 1. The highest BCUT2D eigenvalue weighted by molar-refractivity contribution is 5.47. The zero-order valence-corrected chi connectivity index (χ0v) is 8.38. The first kappa shape index (κ1) is 11.8. The van der Waals surface area contributed by atoms with Gasteiger partial charge in [0, 0.05) is 25.8 Å². The van der Waals surface area contributed by atoms with Crippen LogP contribution in [-0.4, -0.2) is 20.1 Å². The normalized spacial score (nSPS) is 11.5. The van der Waals surface area contributed by atoms with E-state index in [0.29, 0.717) is 13.1 Å². The molecule has 0 bridgehead atoms. The third-order valence-corrected chi connectivity index (χ3v) is 2.10. The van der Waals surface area contributed by atoms with E-state index < -0.39 is 11.7 Å². The average molecular weight is 218 g/mol. The van der Waals surface area contributed by atoms with Crippen molar-refractivity contribution in [3.05, 3.63) is 29.8 Å². The maximum absolute atomic E-state index is 12.2. The van der Waals surface area contributed by atoms with Gasteiger partial charge >= 0.3 is 6.18 Å². The monoisotopic (exact) mass is 218 g/mol. The number of nitrogens with two attached hydrogens (primary N) is 1. The molecule has 0 aliphatic carbocycles. The first-order valence-electron chi connectivity index (χ1n) is 4.53. The molecular weight excluding hydrogens is 205 g/mol. The molecule has 1 aromatic carbocycles. The van der Waals surface area contributed by atoms with Crippen LogP contribution in [0.2, 0.25) is 0 Å². The highest BCUT2D eigenvalue weighted by atomic mass is 19.4. The van der Waals surface area contributed by atoms with Crippen LogP contribution in [0.4, 0.5) is 18.9 Å². The van der Waals surface area contributed by atoms with Crippen molar-refractivity contribution < 1.29 is 13.2 Å². The maximum atomic E-state index is 12.2. The number of hydrogen-bond acceptors (Lipinski definition) is 2. The van der Waals surface area contributed by atoms with Gasteiger partial charge in [-0.25, -0.2) is 0 Å². The quantitative estimate of drug-likeness (QED) is 0.841. The lowest BCUT2D eigenvalue weighted by molar-refractivity contribution is -0.137. The first-order chi connectivity index (χ1) is 6.95. The molecule has 0 amide bonds. The maximum Gasteiger partial charge on any atom is 0.416 e. The van der Waals surface area contributed by atoms with Crippen molar-refractivity contribution in [3.8, 4) is 0 Å². The zero-order chi connectivity index (χ0) is 11.5. The smallest absolute Gasteiger partial charge is 0.373 e. The van der Waals surface area contributed by atoms with Gasteiger partial charge in [-0.2, -0.15) is 13.2 Å². The molecule has 0 atom stereocenters. The molecule has 0 aromatic heterocycles. The summed E-state index contributed by atoms with van der Waals surface area (Å²) >= 11 is 0.